The van der Waals surface area contributed by atoms with E-state index in [1.54, 1.807) is 6.92 Å². The van der Waals surface area contributed by atoms with Crippen LogP contribution in [0, 0.1) is 18.2 Å². The number of terminal acetylenes is 1. The summed E-state index contributed by atoms with van der Waals surface area (Å²) in [5.74, 6) is -0.542. The number of carbonyl (C=O) groups is 1. The Hall–Kier alpha value is -1.43. The van der Waals surface area contributed by atoms with Crippen molar-refractivity contribution in [3.8, 4) is 12.3 Å². The van der Waals surface area contributed by atoms with Crippen LogP contribution in [0.1, 0.15) is 30.1 Å². The average molecular weight is 378 g/mol. The van der Waals surface area contributed by atoms with Crippen LogP contribution in [0.3, 0.4) is 0 Å². The number of carboxylic acid groups (broad SMARTS) is 1. The highest BCUT2D eigenvalue weighted by molar-refractivity contribution is 9.10. The average Bonchev–Trinajstić information content (AvgIpc) is 2.39. The summed E-state index contributed by atoms with van der Waals surface area (Å²) in [5.41, 5.74) is -0.727. The Labute approximate surface area is 130 Å². The largest absolute Gasteiger partial charge is 0.478 e. The van der Waals surface area contributed by atoms with Crippen molar-refractivity contribution >= 4 is 31.9 Å². The van der Waals surface area contributed by atoms with Crippen LogP contribution in [0.2, 0.25) is 0 Å². The number of sulfonamides is 1. The SMILES string of the molecule is C#CCC(CC)NS(=O)(=O)c1cc(Br)cc(C(=O)O)c1F. The minimum atomic E-state index is -4.22. The van der Waals surface area contributed by atoms with Gasteiger partial charge >= 0.3 is 5.97 Å². The summed E-state index contributed by atoms with van der Waals surface area (Å²) in [5, 5.41) is 8.89. The zero-order valence-corrected chi connectivity index (χ0v) is 13.5. The summed E-state index contributed by atoms with van der Waals surface area (Å²) in [4.78, 5) is 10.2. The third kappa shape index (κ3) is 4.27. The van der Waals surface area contributed by atoms with Gasteiger partial charge in [-0.2, -0.15) is 0 Å². The van der Waals surface area contributed by atoms with Crippen LogP contribution in [-0.2, 0) is 10.0 Å². The lowest BCUT2D eigenvalue weighted by molar-refractivity contribution is 0.0691. The Morgan fingerprint density at radius 3 is 2.67 bits per heavy atom. The van der Waals surface area contributed by atoms with Gasteiger partial charge in [0.1, 0.15) is 4.90 Å². The molecule has 0 saturated heterocycles. The zero-order chi connectivity index (χ0) is 16.2. The third-order valence-corrected chi connectivity index (χ3v) is 4.68. The van der Waals surface area contributed by atoms with E-state index in [4.69, 9.17) is 11.5 Å². The van der Waals surface area contributed by atoms with E-state index in [1.165, 1.54) is 0 Å². The molecule has 0 heterocycles. The summed E-state index contributed by atoms with van der Waals surface area (Å²) in [6.45, 7) is 1.73. The maximum atomic E-state index is 14.1. The standard InChI is InChI=1S/C13H13BrFNO4S/c1-3-5-9(4-2)16-21(19,20)11-7-8(14)6-10(12(11)15)13(17)18/h1,6-7,9,16H,4-5H2,2H3,(H,17,18). The monoisotopic (exact) mass is 377 g/mol. The van der Waals surface area contributed by atoms with Gasteiger partial charge in [-0.15, -0.1) is 12.3 Å². The van der Waals surface area contributed by atoms with Crippen LogP contribution in [-0.4, -0.2) is 25.5 Å². The van der Waals surface area contributed by atoms with Crippen molar-refractivity contribution in [1.82, 2.24) is 4.72 Å². The van der Waals surface area contributed by atoms with Gasteiger partial charge in [-0.1, -0.05) is 22.9 Å². The molecule has 0 radical (unpaired) electrons. The molecule has 0 aliphatic carbocycles. The van der Waals surface area contributed by atoms with Crippen LogP contribution < -0.4 is 4.72 Å². The van der Waals surface area contributed by atoms with Gasteiger partial charge in [0.25, 0.3) is 0 Å². The van der Waals surface area contributed by atoms with Crippen molar-refractivity contribution < 1.29 is 22.7 Å². The van der Waals surface area contributed by atoms with Gasteiger partial charge in [0.05, 0.1) is 5.56 Å². The normalized spacial score (nSPS) is 12.7. The summed E-state index contributed by atoms with van der Waals surface area (Å²) >= 11 is 2.97. The number of benzene rings is 1. The maximum Gasteiger partial charge on any atom is 0.338 e. The molecule has 1 rings (SSSR count). The Kier molecular flexibility index (Phi) is 5.89. The lowest BCUT2D eigenvalue weighted by Crippen LogP contribution is -2.34. The minimum absolute atomic E-state index is 0.145. The molecule has 0 spiro atoms. The first-order valence-electron chi connectivity index (χ1n) is 5.91. The predicted octanol–water partition coefficient (Wildman–Crippen LogP) is 2.37. The molecule has 0 aliphatic heterocycles. The molecule has 5 nitrogen and oxygen atoms in total. The summed E-state index contributed by atoms with van der Waals surface area (Å²) in [7, 11) is -4.22. The molecular formula is C13H13BrFNO4S. The second kappa shape index (κ2) is 7.02. The van der Waals surface area contributed by atoms with Crippen LogP contribution in [0.25, 0.3) is 0 Å². The van der Waals surface area contributed by atoms with Crippen LogP contribution >= 0.6 is 15.9 Å². The fourth-order valence-corrected chi connectivity index (χ4v) is 3.66. The molecule has 21 heavy (non-hydrogen) atoms. The van der Waals surface area contributed by atoms with E-state index in [9.17, 15) is 17.6 Å². The number of rotatable bonds is 6. The van der Waals surface area contributed by atoms with Crippen molar-refractivity contribution in [2.45, 2.75) is 30.7 Å². The van der Waals surface area contributed by atoms with Gasteiger partial charge < -0.3 is 5.11 Å². The molecular weight excluding hydrogens is 365 g/mol. The lowest BCUT2D eigenvalue weighted by atomic mass is 10.2. The van der Waals surface area contributed by atoms with Crippen molar-refractivity contribution in [2.75, 3.05) is 0 Å². The second-order valence-corrected chi connectivity index (χ2v) is 6.80. The number of hydrogen-bond acceptors (Lipinski definition) is 3. The van der Waals surface area contributed by atoms with Gasteiger partial charge in [-0.25, -0.2) is 22.3 Å². The molecule has 114 valence electrons. The Balaban J connectivity index is 3.32. The number of hydrogen-bond donors (Lipinski definition) is 2. The van der Waals surface area contributed by atoms with E-state index < -0.39 is 38.3 Å². The highest BCUT2D eigenvalue weighted by atomic mass is 79.9. The molecule has 2 N–H and O–H groups in total. The zero-order valence-electron chi connectivity index (χ0n) is 11.1. The van der Waals surface area contributed by atoms with Gasteiger partial charge in [-0.3, -0.25) is 0 Å². The Morgan fingerprint density at radius 2 is 2.19 bits per heavy atom. The molecule has 0 bridgehead atoms. The predicted molar refractivity (Wildman–Crippen MR) is 78.9 cm³/mol. The molecule has 0 aliphatic rings. The summed E-state index contributed by atoms with van der Waals surface area (Å²) < 4.78 is 40.9. The van der Waals surface area contributed by atoms with Gasteiger partial charge in [-0.05, 0) is 18.6 Å². The number of aromatic carboxylic acids is 1. The molecule has 1 aromatic carbocycles. The highest BCUT2D eigenvalue weighted by Crippen LogP contribution is 2.24. The van der Waals surface area contributed by atoms with Gasteiger partial charge in [0, 0.05) is 16.9 Å². The molecule has 1 unspecified atom stereocenters. The maximum absolute atomic E-state index is 14.1. The molecule has 8 heteroatoms. The molecule has 0 aromatic heterocycles. The van der Waals surface area contributed by atoms with Gasteiger partial charge in [0.15, 0.2) is 5.82 Å². The van der Waals surface area contributed by atoms with Crippen LogP contribution in [0.4, 0.5) is 4.39 Å². The first kappa shape index (κ1) is 17.6. The molecule has 1 atom stereocenters. The van der Waals surface area contributed by atoms with E-state index in [0.29, 0.717) is 6.42 Å². The molecule has 0 saturated carbocycles. The second-order valence-electron chi connectivity index (χ2n) is 4.21. The van der Waals surface area contributed by atoms with E-state index in [-0.39, 0.29) is 10.9 Å². The first-order valence-corrected chi connectivity index (χ1v) is 8.18. The fraction of sp³-hybridized carbons (Fsp3) is 0.308. The van der Waals surface area contributed by atoms with E-state index in [2.05, 4.69) is 26.6 Å². The number of nitrogens with one attached hydrogen (secondary N) is 1. The summed E-state index contributed by atoms with van der Waals surface area (Å²) in [6, 6.07) is 1.45. The van der Waals surface area contributed by atoms with E-state index in [1.807, 2.05) is 0 Å². The third-order valence-electron chi connectivity index (χ3n) is 2.70. The highest BCUT2D eigenvalue weighted by Gasteiger charge is 2.26. The molecule has 1 aromatic rings. The van der Waals surface area contributed by atoms with Crippen molar-refractivity contribution in [3.63, 3.8) is 0 Å². The van der Waals surface area contributed by atoms with Gasteiger partial charge in [0.2, 0.25) is 10.0 Å². The van der Waals surface area contributed by atoms with Crippen molar-refractivity contribution in [1.29, 1.82) is 0 Å². The molecule has 0 amide bonds. The van der Waals surface area contributed by atoms with E-state index in [0.717, 1.165) is 12.1 Å². The quantitative estimate of drug-likeness (QED) is 0.745. The lowest BCUT2D eigenvalue weighted by Gasteiger charge is -2.15. The van der Waals surface area contributed by atoms with E-state index >= 15 is 0 Å². The van der Waals surface area contributed by atoms with Crippen molar-refractivity contribution in [3.05, 3.63) is 28.0 Å². The minimum Gasteiger partial charge on any atom is -0.478 e. The smallest absolute Gasteiger partial charge is 0.338 e. The first-order chi connectivity index (χ1) is 9.72. The van der Waals surface area contributed by atoms with Crippen molar-refractivity contribution in [2.24, 2.45) is 0 Å². The Morgan fingerprint density at radius 1 is 1.57 bits per heavy atom. The summed E-state index contributed by atoms with van der Waals surface area (Å²) in [6.07, 6.45) is 5.71. The van der Waals surface area contributed by atoms with Crippen LogP contribution in [0.5, 0.6) is 0 Å². The molecule has 0 fully saturated rings. The fourth-order valence-electron chi connectivity index (χ4n) is 1.61. The number of halogens is 2. The van der Waals surface area contributed by atoms with Crippen LogP contribution in [0.15, 0.2) is 21.5 Å². The number of carboxylic acids is 1. The topological polar surface area (TPSA) is 83.5 Å². The Bertz CT molecular complexity index is 697.